The number of hydrogen-bond donors (Lipinski definition) is 0. The van der Waals surface area contributed by atoms with E-state index in [1.54, 1.807) is 6.26 Å². The second-order valence-electron chi connectivity index (χ2n) is 2.27. The van der Waals surface area contributed by atoms with Crippen molar-refractivity contribution in [1.29, 1.82) is 0 Å². The summed E-state index contributed by atoms with van der Waals surface area (Å²) in [6.07, 6.45) is 4.80. The summed E-state index contributed by atoms with van der Waals surface area (Å²) in [6, 6.07) is 0. The first-order chi connectivity index (χ1) is 4.33. The molecule has 1 aliphatic rings. The molecule has 0 heterocycles. The van der Waals surface area contributed by atoms with Crippen LogP contribution in [0.15, 0.2) is 0 Å². The van der Waals surface area contributed by atoms with E-state index in [9.17, 15) is 4.79 Å². The molecule has 0 radical (unpaired) electrons. The van der Waals surface area contributed by atoms with Gasteiger partial charge in [0.15, 0.2) is 0 Å². The number of carbonyl (C=O) groups is 1. The molecule has 1 rings (SSSR count). The molecule has 1 saturated carbocycles. The molecule has 0 atom stereocenters. The maximum atomic E-state index is 10.7. The molecule has 1 fully saturated rings. The van der Waals surface area contributed by atoms with Gasteiger partial charge < -0.3 is 4.18 Å². The molecule has 0 N–H and O–H groups in total. The Balaban J connectivity index is 2.02. The second-order valence-corrected chi connectivity index (χ2v) is 2.77. The van der Waals surface area contributed by atoms with Crippen molar-refractivity contribution >= 4 is 18.0 Å². The Morgan fingerprint density at radius 3 is 2.89 bits per heavy atom. The van der Waals surface area contributed by atoms with Crippen LogP contribution in [0.4, 0.5) is 0 Å². The van der Waals surface area contributed by atoms with E-state index in [-0.39, 0.29) is 5.97 Å². The summed E-state index contributed by atoms with van der Waals surface area (Å²) in [5.41, 5.74) is 0. The minimum absolute atomic E-state index is 0.0648. The zero-order valence-corrected chi connectivity index (χ0v) is 6.24. The molecule has 0 saturated heterocycles. The van der Waals surface area contributed by atoms with E-state index in [4.69, 9.17) is 0 Å². The topological polar surface area (TPSA) is 26.3 Å². The molecule has 2 nitrogen and oxygen atoms in total. The first-order valence-electron chi connectivity index (χ1n) is 3.06. The summed E-state index contributed by atoms with van der Waals surface area (Å²) >= 11 is 1.13. The largest absolute Gasteiger partial charge is 0.392 e. The van der Waals surface area contributed by atoms with E-state index >= 15 is 0 Å². The molecular formula is C6H10O2S. The molecule has 9 heavy (non-hydrogen) atoms. The van der Waals surface area contributed by atoms with Crippen LogP contribution in [0, 0.1) is 5.92 Å². The Labute approximate surface area is 59.2 Å². The van der Waals surface area contributed by atoms with Crippen LogP contribution < -0.4 is 0 Å². The van der Waals surface area contributed by atoms with Crippen LogP contribution in [-0.4, -0.2) is 12.2 Å². The molecule has 0 spiro atoms. The predicted octanol–water partition coefficient (Wildman–Crippen LogP) is 1.61. The lowest BCUT2D eigenvalue weighted by Gasteiger charge is -1.95. The molecule has 3 heteroatoms. The molecule has 0 amide bonds. The smallest absolute Gasteiger partial charge is 0.318 e. The van der Waals surface area contributed by atoms with Crippen LogP contribution in [0.25, 0.3) is 0 Å². The van der Waals surface area contributed by atoms with E-state index < -0.39 is 0 Å². The van der Waals surface area contributed by atoms with Gasteiger partial charge in [0.1, 0.15) is 0 Å². The van der Waals surface area contributed by atoms with Gasteiger partial charge in [0.2, 0.25) is 0 Å². The molecule has 1 aliphatic carbocycles. The molecule has 0 bridgehead atoms. The highest BCUT2D eigenvalue weighted by Gasteiger charge is 2.24. The highest BCUT2D eigenvalue weighted by Crippen LogP contribution is 2.32. The van der Waals surface area contributed by atoms with E-state index in [2.05, 4.69) is 4.18 Å². The SMILES string of the molecule is CSOC(=O)CC1CC1. The summed E-state index contributed by atoms with van der Waals surface area (Å²) in [4.78, 5) is 10.7. The first-order valence-corrected chi connectivity index (χ1v) is 4.21. The fourth-order valence-corrected chi connectivity index (χ4v) is 0.939. The van der Waals surface area contributed by atoms with Crippen molar-refractivity contribution in [2.24, 2.45) is 5.92 Å². The van der Waals surface area contributed by atoms with E-state index in [0.717, 1.165) is 12.0 Å². The van der Waals surface area contributed by atoms with Crippen molar-refractivity contribution in [3.63, 3.8) is 0 Å². The Kier molecular flexibility index (Phi) is 2.39. The van der Waals surface area contributed by atoms with Gasteiger partial charge in [-0.1, -0.05) is 0 Å². The summed E-state index contributed by atoms with van der Waals surface area (Å²) in [5, 5.41) is 0. The normalized spacial score (nSPS) is 17.4. The highest BCUT2D eigenvalue weighted by molar-refractivity contribution is 7.94. The summed E-state index contributed by atoms with van der Waals surface area (Å²) in [5.74, 6) is 0.578. The monoisotopic (exact) mass is 146 g/mol. The van der Waals surface area contributed by atoms with Gasteiger partial charge >= 0.3 is 5.97 Å². The molecule has 0 aromatic rings. The molecule has 0 aromatic heterocycles. The van der Waals surface area contributed by atoms with E-state index in [0.29, 0.717) is 12.3 Å². The number of rotatable bonds is 3. The van der Waals surface area contributed by atoms with Crippen LogP contribution in [0.2, 0.25) is 0 Å². The highest BCUT2D eigenvalue weighted by atomic mass is 32.2. The van der Waals surface area contributed by atoms with Gasteiger partial charge in [-0.25, -0.2) is 0 Å². The lowest BCUT2D eigenvalue weighted by molar-refractivity contribution is -0.133. The van der Waals surface area contributed by atoms with Crippen LogP contribution in [-0.2, 0) is 8.98 Å². The molecule has 0 unspecified atom stereocenters. The maximum Gasteiger partial charge on any atom is 0.318 e. The summed E-state index contributed by atoms with van der Waals surface area (Å²) in [6.45, 7) is 0. The predicted molar refractivity (Wildman–Crippen MR) is 36.9 cm³/mol. The minimum Gasteiger partial charge on any atom is -0.392 e. The molecular weight excluding hydrogens is 136 g/mol. The third-order valence-electron chi connectivity index (χ3n) is 1.33. The lowest BCUT2D eigenvalue weighted by Crippen LogP contribution is -1.98. The second kappa shape index (κ2) is 3.11. The van der Waals surface area contributed by atoms with Crippen molar-refractivity contribution in [1.82, 2.24) is 0 Å². The van der Waals surface area contributed by atoms with Crippen molar-refractivity contribution in [2.45, 2.75) is 19.3 Å². The van der Waals surface area contributed by atoms with Crippen molar-refractivity contribution in [3.05, 3.63) is 0 Å². The fraction of sp³-hybridized carbons (Fsp3) is 0.833. The Bertz CT molecular complexity index is 110. The van der Waals surface area contributed by atoms with Crippen LogP contribution >= 0.6 is 12.0 Å². The number of hydrogen-bond acceptors (Lipinski definition) is 3. The van der Waals surface area contributed by atoms with Gasteiger partial charge in [0.25, 0.3) is 0 Å². The average molecular weight is 146 g/mol. The van der Waals surface area contributed by atoms with Gasteiger partial charge in [0.05, 0.1) is 12.0 Å². The standard InChI is InChI=1S/C6H10O2S/c1-9-8-6(7)4-5-2-3-5/h5H,2-4H2,1H3. The van der Waals surface area contributed by atoms with Crippen molar-refractivity contribution in [3.8, 4) is 0 Å². The average Bonchev–Trinajstić information content (AvgIpc) is 2.50. The van der Waals surface area contributed by atoms with Crippen LogP contribution in [0.5, 0.6) is 0 Å². The third-order valence-corrected chi connectivity index (χ3v) is 1.68. The zero-order valence-electron chi connectivity index (χ0n) is 5.42. The van der Waals surface area contributed by atoms with Crippen LogP contribution in [0.1, 0.15) is 19.3 Å². The van der Waals surface area contributed by atoms with Gasteiger partial charge in [0, 0.05) is 12.7 Å². The zero-order chi connectivity index (χ0) is 6.69. The van der Waals surface area contributed by atoms with Gasteiger partial charge in [-0.15, -0.1) is 0 Å². The maximum absolute atomic E-state index is 10.7. The molecule has 0 aromatic carbocycles. The summed E-state index contributed by atoms with van der Waals surface area (Å²) < 4.78 is 4.67. The lowest BCUT2D eigenvalue weighted by atomic mass is 10.3. The Morgan fingerprint density at radius 2 is 2.44 bits per heavy atom. The van der Waals surface area contributed by atoms with Crippen molar-refractivity contribution < 1.29 is 8.98 Å². The van der Waals surface area contributed by atoms with Crippen molar-refractivity contribution in [2.75, 3.05) is 6.26 Å². The van der Waals surface area contributed by atoms with Gasteiger partial charge in [-0.05, 0) is 18.8 Å². The fourth-order valence-electron chi connectivity index (χ4n) is 0.685. The molecule has 52 valence electrons. The third kappa shape index (κ3) is 2.75. The van der Waals surface area contributed by atoms with Crippen LogP contribution in [0.3, 0.4) is 0 Å². The van der Waals surface area contributed by atoms with Gasteiger partial charge in [-0.3, -0.25) is 4.79 Å². The van der Waals surface area contributed by atoms with E-state index in [1.165, 1.54) is 12.8 Å². The Morgan fingerprint density at radius 1 is 1.78 bits per heavy atom. The molecule has 0 aliphatic heterocycles. The van der Waals surface area contributed by atoms with Gasteiger partial charge in [-0.2, -0.15) is 0 Å². The van der Waals surface area contributed by atoms with E-state index in [1.807, 2.05) is 0 Å². The minimum atomic E-state index is -0.0648. The summed E-state index contributed by atoms with van der Waals surface area (Å²) in [7, 11) is 0. The quantitative estimate of drug-likeness (QED) is 0.566. The first kappa shape index (κ1) is 6.93. The Hall–Kier alpha value is -0.180. The number of carbonyl (C=O) groups excluding carboxylic acids is 1.